The number of hydrogen-bond acceptors (Lipinski definition) is 3. The van der Waals surface area contributed by atoms with Gasteiger partial charge in [-0.1, -0.05) is 29.3 Å². The van der Waals surface area contributed by atoms with Crippen molar-refractivity contribution in [2.75, 3.05) is 19.0 Å². The van der Waals surface area contributed by atoms with Gasteiger partial charge >= 0.3 is 0 Å². The van der Waals surface area contributed by atoms with Gasteiger partial charge in [-0.25, -0.2) is 0 Å². The lowest BCUT2D eigenvalue weighted by Gasteiger charge is -2.11. The van der Waals surface area contributed by atoms with Gasteiger partial charge < -0.3 is 14.8 Å². The molecule has 0 fully saturated rings. The Bertz CT molecular complexity index is 662. The van der Waals surface area contributed by atoms with Crippen molar-refractivity contribution in [2.24, 2.45) is 0 Å². The Morgan fingerprint density at radius 3 is 2.64 bits per heavy atom. The fourth-order valence-corrected chi connectivity index (χ4v) is 2.16. The van der Waals surface area contributed by atoms with Crippen LogP contribution in [0.5, 0.6) is 11.5 Å². The predicted octanol–water partition coefficient (Wildman–Crippen LogP) is 4.41. The van der Waals surface area contributed by atoms with Crippen LogP contribution in [0.2, 0.25) is 10.0 Å². The van der Waals surface area contributed by atoms with Crippen LogP contribution < -0.4 is 14.8 Å². The summed E-state index contributed by atoms with van der Waals surface area (Å²) < 4.78 is 10.6. The normalized spacial score (nSPS) is 10.1. The van der Waals surface area contributed by atoms with E-state index < -0.39 is 0 Å². The largest absolute Gasteiger partial charge is 0.495 e. The molecule has 0 heterocycles. The second kappa shape index (κ2) is 7.92. The van der Waals surface area contributed by atoms with E-state index in [1.54, 1.807) is 42.5 Å². The van der Waals surface area contributed by atoms with E-state index in [-0.39, 0.29) is 18.9 Å². The molecule has 116 valence electrons. The van der Waals surface area contributed by atoms with E-state index >= 15 is 0 Å². The van der Waals surface area contributed by atoms with E-state index in [0.717, 1.165) is 0 Å². The van der Waals surface area contributed by atoms with Gasteiger partial charge in [-0.15, -0.1) is 0 Å². The first kappa shape index (κ1) is 16.5. The van der Waals surface area contributed by atoms with Crippen LogP contribution in [0.3, 0.4) is 0 Å². The highest BCUT2D eigenvalue weighted by molar-refractivity contribution is 6.31. The summed E-state index contributed by atoms with van der Waals surface area (Å²) in [5.41, 5.74) is 0.530. The number of carbonyl (C=O) groups is 1. The van der Waals surface area contributed by atoms with Crippen molar-refractivity contribution in [1.29, 1.82) is 0 Å². The average Bonchev–Trinajstić information content (AvgIpc) is 2.47. The number of ether oxygens (including phenoxy) is 2. The number of carbonyl (C=O) groups excluding carboxylic acids is 1. The molecule has 0 aliphatic heterocycles. The second-order valence-corrected chi connectivity index (χ2v) is 5.32. The molecule has 0 aromatic heterocycles. The molecule has 22 heavy (non-hydrogen) atoms. The lowest BCUT2D eigenvalue weighted by Crippen LogP contribution is -2.15. The maximum absolute atomic E-state index is 11.9. The molecule has 2 aromatic rings. The molecular weight excluding hydrogens is 325 g/mol. The van der Waals surface area contributed by atoms with Crippen LogP contribution in [0.4, 0.5) is 5.69 Å². The summed E-state index contributed by atoms with van der Waals surface area (Å²) in [4.78, 5) is 11.9. The topological polar surface area (TPSA) is 47.6 Å². The number of halogens is 2. The van der Waals surface area contributed by atoms with Crippen LogP contribution in [-0.2, 0) is 4.79 Å². The average molecular weight is 340 g/mol. The first-order chi connectivity index (χ1) is 10.6. The van der Waals surface area contributed by atoms with E-state index in [1.807, 2.05) is 0 Å². The maximum atomic E-state index is 11.9. The summed E-state index contributed by atoms with van der Waals surface area (Å²) in [6.45, 7) is 0.245. The molecule has 0 saturated carbocycles. The fourth-order valence-electron chi connectivity index (χ4n) is 1.81. The zero-order valence-corrected chi connectivity index (χ0v) is 13.4. The number of hydrogen-bond donors (Lipinski definition) is 1. The van der Waals surface area contributed by atoms with Crippen molar-refractivity contribution >= 4 is 34.8 Å². The third-order valence-electron chi connectivity index (χ3n) is 2.83. The van der Waals surface area contributed by atoms with Crippen molar-refractivity contribution in [3.8, 4) is 11.5 Å². The lowest BCUT2D eigenvalue weighted by atomic mass is 10.2. The first-order valence-electron chi connectivity index (χ1n) is 6.60. The van der Waals surface area contributed by atoms with Crippen LogP contribution in [0.1, 0.15) is 6.42 Å². The van der Waals surface area contributed by atoms with Gasteiger partial charge in [0, 0.05) is 10.0 Å². The molecule has 0 saturated heterocycles. The van der Waals surface area contributed by atoms with Gasteiger partial charge in [0.25, 0.3) is 0 Å². The van der Waals surface area contributed by atoms with Crippen LogP contribution in [0.15, 0.2) is 42.5 Å². The molecule has 0 spiro atoms. The van der Waals surface area contributed by atoms with Gasteiger partial charge in [-0.3, -0.25) is 4.79 Å². The number of amides is 1. The lowest BCUT2D eigenvalue weighted by molar-refractivity contribution is -0.116. The minimum Gasteiger partial charge on any atom is -0.495 e. The Morgan fingerprint density at radius 2 is 1.91 bits per heavy atom. The van der Waals surface area contributed by atoms with Gasteiger partial charge in [-0.05, 0) is 36.4 Å². The van der Waals surface area contributed by atoms with E-state index in [2.05, 4.69) is 5.32 Å². The van der Waals surface area contributed by atoms with E-state index in [1.165, 1.54) is 7.11 Å². The third-order valence-corrected chi connectivity index (χ3v) is 3.30. The molecule has 4 nitrogen and oxygen atoms in total. The standard InChI is InChI=1S/C16H15Cl2NO3/c1-21-15-6-5-12(18)10-14(15)19-16(20)7-8-22-13-4-2-3-11(17)9-13/h2-6,9-10H,7-8H2,1H3,(H,19,20). The summed E-state index contributed by atoms with van der Waals surface area (Å²) >= 11 is 11.8. The highest BCUT2D eigenvalue weighted by Crippen LogP contribution is 2.27. The number of nitrogens with one attached hydrogen (secondary N) is 1. The zero-order valence-electron chi connectivity index (χ0n) is 11.9. The molecule has 2 aromatic carbocycles. The molecule has 0 aliphatic rings. The number of methoxy groups -OCH3 is 1. The summed E-state index contributed by atoms with van der Waals surface area (Å²) in [6, 6.07) is 12.0. The van der Waals surface area contributed by atoms with Crippen molar-refractivity contribution in [3.63, 3.8) is 0 Å². The van der Waals surface area contributed by atoms with Crippen molar-refractivity contribution < 1.29 is 14.3 Å². The Hall–Kier alpha value is -1.91. The monoisotopic (exact) mass is 339 g/mol. The molecule has 0 unspecified atom stereocenters. The Balaban J connectivity index is 1.87. The van der Waals surface area contributed by atoms with Gasteiger partial charge in [-0.2, -0.15) is 0 Å². The quantitative estimate of drug-likeness (QED) is 0.847. The third kappa shape index (κ3) is 4.83. The molecular formula is C16H15Cl2NO3. The molecule has 1 N–H and O–H groups in total. The molecule has 6 heteroatoms. The van der Waals surface area contributed by atoms with Gasteiger partial charge in [0.05, 0.1) is 25.8 Å². The zero-order chi connectivity index (χ0) is 15.9. The first-order valence-corrected chi connectivity index (χ1v) is 7.36. The number of rotatable bonds is 6. The maximum Gasteiger partial charge on any atom is 0.227 e. The summed E-state index contributed by atoms with van der Waals surface area (Å²) in [7, 11) is 1.53. The summed E-state index contributed by atoms with van der Waals surface area (Å²) in [5, 5.41) is 3.85. The molecule has 2 rings (SSSR count). The number of anilines is 1. The van der Waals surface area contributed by atoms with E-state index in [4.69, 9.17) is 32.7 Å². The summed E-state index contributed by atoms with van der Waals surface area (Å²) in [5.74, 6) is 0.983. The van der Waals surface area contributed by atoms with Crippen molar-refractivity contribution in [1.82, 2.24) is 0 Å². The predicted molar refractivity (Wildman–Crippen MR) is 88.2 cm³/mol. The Labute approximate surface area is 138 Å². The van der Waals surface area contributed by atoms with Crippen LogP contribution >= 0.6 is 23.2 Å². The van der Waals surface area contributed by atoms with Crippen molar-refractivity contribution in [3.05, 3.63) is 52.5 Å². The van der Waals surface area contributed by atoms with Crippen LogP contribution in [0.25, 0.3) is 0 Å². The van der Waals surface area contributed by atoms with Gasteiger partial charge in [0.1, 0.15) is 11.5 Å². The summed E-state index contributed by atoms with van der Waals surface area (Å²) in [6.07, 6.45) is 0.197. The second-order valence-electron chi connectivity index (χ2n) is 4.45. The highest BCUT2D eigenvalue weighted by atomic mass is 35.5. The highest BCUT2D eigenvalue weighted by Gasteiger charge is 2.08. The number of benzene rings is 2. The van der Waals surface area contributed by atoms with Gasteiger partial charge in [0.2, 0.25) is 5.91 Å². The molecule has 0 radical (unpaired) electrons. The Kier molecular flexibility index (Phi) is 5.92. The van der Waals surface area contributed by atoms with Crippen LogP contribution in [-0.4, -0.2) is 19.6 Å². The molecule has 0 bridgehead atoms. The SMILES string of the molecule is COc1ccc(Cl)cc1NC(=O)CCOc1cccc(Cl)c1. The van der Waals surface area contributed by atoms with Crippen molar-refractivity contribution in [2.45, 2.75) is 6.42 Å². The van der Waals surface area contributed by atoms with Crippen LogP contribution in [0, 0.1) is 0 Å². The Morgan fingerprint density at radius 1 is 1.14 bits per heavy atom. The minimum atomic E-state index is -0.192. The van der Waals surface area contributed by atoms with E-state index in [9.17, 15) is 4.79 Å². The molecule has 0 atom stereocenters. The fraction of sp³-hybridized carbons (Fsp3) is 0.188. The van der Waals surface area contributed by atoms with E-state index in [0.29, 0.717) is 27.2 Å². The minimum absolute atomic E-state index is 0.192. The van der Waals surface area contributed by atoms with Gasteiger partial charge in [0.15, 0.2) is 0 Å². The molecule has 1 amide bonds. The smallest absolute Gasteiger partial charge is 0.227 e. The molecule has 0 aliphatic carbocycles.